The van der Waals surface area contributed by atoms with Gasteiger partial charge in [-0.3, -0.25) is 0 Å². The van der Waals surface area contributed by atoms with Crippen molar-refractivity contribution in [2.45, 2.75) is 77.0 Å². The van der Waals surface area contributed by atoms with Gasteiger partial charge < -0.3 is 4.90 Å². The largest absolute Gasteiger partial charge is 0.310 e. The van der Waals surface area contributed by atoms with Gasteiger partial charge in [0.25, 0.3) is 0 Å². The molecule has 1 heteroatoms. The van der Waals surface area contributed by atoms with E-state index in [0.717, 1.165) is 5.69 Å². The van der Waals surface area contributed by atoms with Crippen molar-refractivity contribution in [3.63, 3.8) is 0 Å². The molecule has 51 heavy (non-hydrogen) atoms. The average Bonchev–Trinajstić information content (AvgIpc) is 3.13. The lowest BCUT2D eigenvalue weighted by Crippen LogP contribution is -2.43. The van der Waals surface area contributed by atoms with E-state index in [2.05, 4.69) is 200 Å². The van der Waals surface area contributed by atoms with Crippen molar-refractivity contribution >= 4 is 38.6 Å². The standard InChI is InChI=1S/C50H47N/c1-47(2)41-21-15-14-20-38(41)39-27-25-35(30-43(39)49(47,5)6)51(34-17-10-9-11-18-34)36-26-28-40-44(31-36)50(7,8)48(3,4)42-29-24-33-23-22-32-16-12-13-19-37(32)45(33)46(40)42/h9-31H,1-8H3. The summed E-state index contributed by atoms with van der Waals surface area (Å²) in [6, 6.07) is 52.5. The topological polar surface area (TPSA) is 3.24 Å². The Hall–Kier alpha value is -5.14. The van der Waals surface area contributed by atoms with Gasteiger partial charge in [-0.2, -0.15) is 0 Å². The Morgan fingerprint density at radius 2 is 0.863 bits per heavy atom. The van der Waals surface area contributed by atoms with Gasteiger partial charge in [0.2, 0.25) is 0 Å². The van der Waals surface area contributed by atoms with E-state index in [4.69, 9.17) is 0 Å². The van der Waals surface area contributed by atoms with E-state index in [1.165, 1.54) is 77.4 Å². The number of anilines is 3. The lowest BCUT2D eigenvalue weighted by atomic mass is 9.55. The van der Waals surface area contributed by atoms with Crippen molar-refractivity contribution in [3.05, 3.63) is 162 Å². The predicted molar refractivity (Wildman–Crippen MR) is 219 cm³/mol. The maximum absolute atomic E-state index is 2.50. The first-order valence-electron chi connectivity index (χ1n) is 18.5. The van der Waals surface area contributed by atoms with E-state index in [9.17, 15) is 0 Å². The van der Waals surface area contributed by atoms with E-state index >= 15 is 0 Å². The second-order valence-electron chi connectivity index (χ2n) is 17.0. The normalized spacial score (nSPS) is 17.3. The molecule has 2 aliphatic rings. The van der Waals surface area contributed by atoms with Gasteiger partial charge in [0.15, 0.2) is 0 Å². The Balaban J connectivity index is 1.30. The Morgan fingerprint density at radius 3 is 1.59 bits per heavy atom. The summed E-state index contributed by atoms with van der Waals surface area (Å²) >= 11 is 0. The lowest BCUT2D eigenvalue weighted by molar-refractivity contribution is 0.299. The molecule has 0 atom stereocenters. The van der Waals surface area contributed by atoms with Gasteiger partial charge in [-0.05, 0) is 124 Å². The lowest BCUT2D eigenvalue weighted by Gasteiger charge is -2.49. The summed E-state index contributed by atoms with van der Waals surface area (Å²) in [5, 5.41) is 5.27. The molecule has 0 spiro atoms. The third-order valence-corrected chi connectivity index (χ3v) is 13.8. The molecule has 1 nitrogen and oxygen atoms in total. The molecule has 0 unspecified atom stereocenters. The summed E-state index contributed by atoms with van der Waals surface area (Å²) in [7, 11) is 0. The maximum atomic E-state index is 2.50. The van der Waals surface area contributed by atoms with Gasteiger partial charge >= 0.3 is 0 Å². The molecule has 0 saturated carbocycles. The molecule has 0 aromatic heterocycles. The molecule has 7 aromatic rings. The zero-order valence-corrected chi connectivity index (χ0v) is 31.2. The molecule has 2 aliphatic carbocycles. The molecule has 0 N–H and O–H groups in total. The number of fused-ring (bicyclic) bond motifs is 10. The minimum absolute atomic E-state index is 0.0332. The molecule has 0 radical (unpaired) electrons. The van der Waals surface area contributed by atoms with Crippen LogP contribution in [0.15, 0.2) is 140 Å². The molecule has 252 valence electrons. The highest BCUT2D eigenvalue weighted by Gasteiger charge is 2.48. The molecule has 7 aromatic carbocycles. The number of hydrogen-bond acceptors (Lipinski definition) is 1. The molecule has 0 heterocycles. The van der Waals surface area contributed by atoms with Crippen LogP contribution in [0.3, 0.4) is 0 Å². The second kappa shape index (κ2) is 10.7. The third kappa shape index (κ3) is 4.27. The SMILES string of the molecule is CC1(C)c2ccccc2-c2ccc(N(c3ccccc3)c3ccc4c(c3)C(C)(C)C(C)(C)c3ccc5ccc6ccccc6c5c3-4)cc2C1(C)C. The van der Waals surface area contributed by atoms with Crippen LogP contribution in [0.5, 0.6) is 0 Å². The molecule has 0 amide bonds. The molecule has 0 fully saturated rings. The van der Waals surface area contributed by atoms with Crippen LogP contribution in [0.1, 0.15) is 77.6 Å². The van der Waals surface area contributed by atoms with Crippen LogP contribution in [-0.2, 0) is 21.7 Å². The van der Waals surface area contributed by atoms with Crippen LogP contribution in [0, 0.1) is 0 Å². The van der Waals surface area contributed by atoms with Crippen LogP contribution in [0.2, 0.25) is 0 Å². The highest BCUT2D eigenvalue weighted by Crippen LogP contribution is 2.58. The minimum atomic E-state index is -0.127. The first kappa shape index (κ1) is 31.8. The highest BCUT2D eigenvalue weighted by atomic mass is 15.1. The van der Waals surface area contributed by atoms with E-state index in [1.807, 2.05) is 0 Å². The molecular formula is C50H47N. The van der Waals surface area contributed by atoms with Crippen LogP contribution in [-0.4, -0.2) is 0 Å². The number of rotatable bonds is 3. The van der Waals surface area contributed by atoms with Crippen molar-refractivity contribution in [2.24, 2.45) is 0 Å². The number of para-hydroxylation sites is 1. The van der Waals surface area contributed by atoms with Crippen LogP contribution in [0.4, 0.5) is 17.1 Å². The van der Waals surface area contributed by atoms with Gasteiger partial charge in [0.1, 0.15) is 0 Å². The van der Waals surface area contributed by atoms with E-state index < -0.39 is 0 Å². The number of nitrogens with zero attached hydrogens (tertiary/aromatic N) is 1. The third-order valence-electron chi connectivity index (χ3n) is 13.8. The fourth-order valence-corrected chi connectivity index (χ4v) is 9.36. The Morgan fingerprint density at radius 1 is 0.353 bits per heavy atom. The van der Waals surface area contributed by atoms with Gasteiger partial charge in [-0.1, -0.05) is 159 Å². The number of benzene rings is 7. The van der Waals surface area contributed by atoms with Crippen molar-refractivity contribution in [1.29, 1.82) is 0 Å². The van der Waals surface area contributed by atoms with Crippen molar-refractivity contribution < 1.29 is 0 Å². The molecule has 9 rings (SSSR count). The molecule has 0 bridgehead atoms. The van der Waals surface area contributed by atoms with Gasteiger partial charge in [-0.25, -0.2) is 0 Å². The Labute approximate surface area is 303 Å². The summed E-state index contributed by atoms with van der Waals surface area (Å²) in [6.45, 7) is 19.4. The summed E-state index contributed by atoms with van der Waals surface area (Å²) in [5.74, 6) is 0. The molecule has 0 saturated heterocycles. The quantitative estimate of drug-likeness (QED) is 0.170. The Bertz CT molecular complexity index is 2530. The van der Waals surface area contributed by atoms with E-state index in [-0.39, 0.29) is 21.7 Å². The van der Waals surface area contributed by atoms with Crippen molar-refractivity contribution in [1.82, 2.24) is 0 Å². The predicted octanol–water partition coefficient (Wildman–Crippen LogP) is 13.9. The van der Waals surface area contributed by atoms with E-state index in [0.29, 0.717) is 0 Å². The van der Waals surface area contributed by atoms with Gasteiger partial charge in [0, 0.05) is 17.1 Å². The Kier molecular flexibility index (Phi) is 6.67. The second-order valence-corrected chi connectivity index (χ2v) is 17.0. The first-order valence-corrected chi connectivity index (χ1v) is 18.5. The monoisotopic (exact) mass is 661 g/mol. The summed E-state index contributed by atoms with van der Waals surface area (Å²) in [6.07, 6.45) is 0. The van der Waals surface area contributed by atoms with E-state index in [1.54, 1.807) is 0 Å². The first-order chi connectivity index (χ1) is 24.3. The van der Waals surface area contributed by atoms with Crippen LogP contribution >= 0.6 is 0 Å². The molecule has 0 aliphatic heterocycles. The summed E-state index contributed by atoms with van der Waals surface area (Å²) in [4.78, 5) is 2.47. The van der Waals surface area contributed by atoms with Gasteiger partial charge in [0.05, 0.1) is 0 Å². The smallest absolute Gasteiger partial charge is 0.0465 e. The van der Waals surface area contributed by atoms with Crippen LogP contribution in [0.25, 0.3) is 43.8 Å². The zero-order chi connectivity index (χ0) is 35.5. The maximum Gasteiger partial charge on any atom is 0.0465 e. The van der Waals surface area contributed by atoms with Crippen molar-refractivity contribution in [3.8, 4) is 22.3 Å². The number of hydrogen-bond donors (Lipinski definition) is 0. The average molecular weight is 662 g/mol. The highest BCUT2D eigenvalue weighted by molar-refractivity contribution is 6.16. The fraction of sp³-hybridized carbons (Fsp3) is 0.240. The summed E-state index contributed by atoms with van der Waals surface area (Å²) < 4.78 is 0. The van der Waals surface area contributed by atoms with Gasteiger partial charge in [-0.15, -0.1) is 0 Å². The fourth-order valence-electron chi connectivity index (χ4n) is 9.36. The van der Waals surface area contributed by atoms with Crippen molar-refractivity contribution in [2.75, 3.05) is 4.90 Å². The van der Waals surface area contributed by atoms with Crippen LogP contribution < -0.4 is 4.90 Å². The minimum Gasteiger partial charge on any atom is -0.310 e. The summed E-state index contributed by atoms with van der Waals surface area (Å²) in [5.41, 5.74) is 14.3. The molecular weight excluding hydrogens is 615 g/mol. The zero-order valence-electron chi connectivity index (χ0n) is 31.2.